The average molecular weight is 264 g/mol. The highest BCUT2D eigenvalue weighted by Crippen LogP contribution is 2.29. The molecule has 0 saturated carbocycles. The van der Waals surface area contributed by atoms with Gasteiger partial charge in [-0.1, -0.05) is 13.8 Å². The molecule has 0 aromatic carbocycles. The summed E-state index contributed by atoms with van der Waals surface area (Å²) in [6, 6.07) is 1.30. The van der Waals surface area contributed by atoms with Crippen LogP contribution in [0.5, 0.6) is 0 Å². The SMILES string of the molecule is CC(C)CC(N)c1cncn1C1CCN(C)C(C)C1. The normalized spacial score (nSPS) is 26.8. The second-order valence-electron chi connectivity index (χ2n) is 6.47. The zero-order valence-electron chi connectivity index (χ0n) is 12.7. The highest BCUT2D eigenvalue weighted by atomic mass is 15.2. The summed E-state index contributed by atoms with van der Waals surface area (Å²) < 4.78 is 2.33. The summed E-state index contributed by atoms with van der Waals surface area (Å²) in [6.07, 6.45) is 7.33. The quantitative estimate of drug-likeness (QED) is 0.909. The van der Waals surface area contributed by atoms with Gasteiger partial charge < -0.3 is 15.2 Å². The maximum Gasteiger partial charge on any atom is 0.0951 e. The molecule has 0 amide bonds. The first-order valence-electron chi connectivity index (χ1n) is 7.46. The van der Waals surface area contributed by atoms with Crippen molar-refractivity contribution in [3.05, 3.63) is 18.2 Å². The number of nitrogens with zero attached hydrogens (tertiary/aromatic N) is 3. The molecule has 1 saturated heterocycles. The average Bonchev–Trinajstić information content (AvgIpc) is 2.81. The summed E-state index contributed by atoms with van der Waals surface area (Å²) >= 11 is 0. The number of aromatic nitrogens is 2. The van der Waals surface area contributed by atoms with Gasteiger partial charge in [0, 0.05) is 30.9 Å². The molecule has 0 bridgehead atoms. The van der Waals surface area contributed by atoms with Gasteiger partial charge in [-0.3, -0.25) is 0 Å². The van der Waals surface area contributed by atoms with Crippen LogP contribution in [0.25, 0.3) is 0 Å². The Morgan fingerprint density at radius 3 is 2.84 bits per heavy atom. The van der Waals surface area contributed by atoms with Gasteiger partial charge in [0.25, 0.3) is 0 Å². The van der Waals surface area contributed by atoms with Crippen LogP contribution in [0.2, 0.25) is 0 Å². The minimum atomic E-state index is 0.109. The molecule has 19 heavy (non-hydrogen) atoms. The Kier molecular flexibility index (Phi) is 4.63. The van der Waals surface area contributed by atoms with Crippen molar-refractivity contribution >= 4 is 0 Å². The minimum Gasteiger partial charge on any atom is -0.330 e. The molecule has 4 nitrogen and oxygen atoms in total. The van der Waals surface area contributed by atoms with Crippen molar-refractivity contribution < 1.29 is 0 Å². The molecule has 3 atom stereocenters. The second kappa shape index (κ2) is 6.06. The first-order valence-corrected chi connectivity index (χ1v) is 7.46. The number of rotatable bonds is 4. The lowest BCUT2D eigenvalue weighted by molar-refractivity contribution is 0.154. The maximum atomic E-state index is 6.34. The second-order valence-corrected chi connectivity index (χ2v) is 6.47. The minimum absolute atomic E-state index is 0.109. The lowest BCUT2D eigenvalue weighted by Gasteiger charge is -2.36. The molecule has 1 aromatic heterocycles. The Hall–Kier alpha value is -0.870. The van der Waals surface area contributed by atoms with Gasteiger partial charge in [0.1, 0.15) is 0 Å². The predicted molar refractivity (Wildman–Crippen MR) is 79.0 cm³/mol. The molecule has 1 aliphatic rings. The fourth-order valence-corrected chi connectivity index (χ4v) is 3.05. The van der Waals surface area contributed by atoms with Crippen LogP contribution in [-0.4, -0.2) is 34.1 Å². The van der Waals surface area contributed by atoms with E-state index in [0.29, 0.717) is 18.0 Å². The van der Waals surface area contributed by atoms with E-state index in [2.05, 4.69) is 42.3 Å². The zero-order valence-corrected chi connectivity index (χ0v) is 12.7. The summed E-state index contributed by atoms with van der Waals surface area (Å²) in [4.78, 5) is 6.77. The van der Waals surface area contributed by atoms with Crippen LogP contribution in [0, 0.1) is 5.92 Å². The monoisotopic (exact) mass is 264 g/mol. The lowest BCUT2D eigenvalue weighted by Crippen LogP contribution is -2.39. The van der Waals surface area contributed by atoms with E-state index >= 15 is 0 Å². The largest absolute Gasteiger partial charge is 0.330 e. The Balaban J connectivity index is 2.11. The van der Waals surface area contributed by atoms with Crippen LogP contribution in [-0.2, 0) is 0 Å². The number of imidazole rings is 1. The number of likely N-dealkylation sites (tertiary alicyclic amines) is 1. The van der Waals surface area contributed by atoms with Crippen LogP contribution in [0.15, 0.2) is 12.5 Å². The van der Waals surface area contributed by atoms with Crippen molar-refractivity contribution in [2.75, 3.05) is 13.6 Å². The molecular formula is C15H28N4. The van der Waals surface area contributed by atoms with Crippen molar-refractivity contribution in [2.24, 2.45) is 11.7 Å². The van der Waals surface area contributed by atoms with Crippen molar-refractivity contribution in [3.8, 4) is 0 Å². The molecule has 108 valence electrons. The van der Waals surface area contributed by atoms with Crippen LogP contribution >= 0.6 is 0 Å². The van der Waals surface area contributed by atoms with E-state index in [1.807, 2.05) is 12.5 Å². The van der Waals surface area contributed by atoms with Gasteiger partial charge in [0.05, 0.1) is 12.0 Å². The van der Waals surface area contributed by atoms with Gasteiger partial charge in [-0.2, -0.15) is 0 Å². The van der Waals surface area contributed by atoms with E-state index in [0.717, 1.165) is 13.0 Å². The molecule has 2 N–H and O–H groups in total. The topological polar surface area (TPSA) is 47.1 Å². The summed E-state index contributed by atoms with van der Waals surface area (Å²) in [6.45, 7) is 7.90. The molecule has 0 radical (unpaired) electrons. The number of hydrogen-bond acceptors (Lipinski definition) is 3. The first kappa shape index (κ1) is 14.5. The van der Waals surface area contributed by atoms with Gasteiger partial charge in [-0.25, -0.2) is 4.98 Å². The van der Waals surface area contributed by atoms with E-state index in [-0.39, 0.29) is 6.04 Å². The lowest BCUT2D eigenvalue weighted by atomic mass is 9.97. The highest BCUT2D eigenvalue weighted by Gasteiger charge is 2.26. The molecule has 4 heteroatoms. The predicted octanol–water partition coefficient (Wildman–Crippen LogP) is 2.58. The molecule has 1 fully saturated rings. The van der Waals surface area contributed by atoms with Crippen molar-refractivity contribution in [1.82, 2.24) is 14.5 Å². The van der Waals surface area contributed by atoms with E-state index in [4.69, 9.17) is 5.73 Å². The van der Waals surface area contributed by atoms with E-state index in [1.165, 1.54) is 18.5 Å². The summed E-state index contributed by atoms with van der Waals surface area (Å²) in [5.41, 5.74) is 7.54. The van der Waals surface area contributed by atoms with Crippen LogP contribution < -0.4 is 5.73 Å². The molecule has 0 spiro atoms. The van der Waals surface area contributed by atoms with Gasteiger partial charge in [0.15, 0.2) is 0 Å². The fraction of sp³-hybridized carbons (Fsp3) is 0.800. The van der Waals surface area contributed by atoms with Crippen molar-refractivity contribution in [3.63, 3.8) is 0 Å². The van der Waals surface area contributed by atoms with Gasteiger partial charge in [0.2, 0.25) is 0 Å². The van der Waals surface area contributed by atoms with E-state index in [1.54, 1.807) is 0 Å². The van der Waals surface area contributed by atoms with Crippen LogP contribution in [0.4, 0.5) is 0 Å². The Bertz CT molecular complexity index is 399. The molecule has 1 aromatic rings. The van der Waals surface area contributed by atoms with Gasteiger partial charge in [-0.15, -0.1) is 0 Å². The Morgan fingerprint density at radius 2 is 2.21 bits per heavy atom. The van der Waals surface area contributed by atoms with Crippen molar-refractivity contribution in [1.29, 1.82) is 0 Å². The van der Waals surface area contributed by atoms with Crippen LogP contribution in [0.3, 0.4) is 0 Å². The summed E-state index contributed by atoms with van der Waals surface area (Å²) in [5.74, 6) is 0.620. The molecule has 2 rings (SSSR count). The summed E-state index contributed by atoms with van der Waals surface area (Å²) in [5, 5.41) is 0. The molecule has 1 aliphatic heterocycles. The molecule has 2 heterocycles. The smallest absolute Gasteiger partial charge is 0.0951 e. The fourth-order valence-electron chi connectivity index (χ4n) is 3.05. The third-order valence-corrected chi connectivity index (χ3v) is 4.38. The maximum absolute atomic E-state index is 6.34. The Labute approximate surface area is 117 Å². The van der Waals surface area contributed by atoms with Crippen molar-refractivity contribution in [2.45, 2.75) is 58.2 Å². The van der Waals surface area contributed by atoms with E-state index < -0.39 is 0 Å². The number of nitrogens with two attached hydrogens (primary N) is 1. The molecular weight excluding hydrogens is 236 g/mol. The highest BCUT2D eigenvalue weighted by molar-refractivity contribution is 5.07. The standard InChI is InChI=1S/C15H28N4/c1-11(2)7-14(16)15-9-17-10-19(15)13-5-6-18(4)12(3)8-13/h9-14H,5-8,16H2,1-4H3. The third-order valence-electron chi connectivity index (χ3n) is 4.38. The van der Waals surface area contributed by atoms with Crippen LogP contribution in [0.1, 0.15) is 57.8 Å². The number of hydrogen-bond donors (Lipinski definition) is 1. The number of piperidine rings is 1. The van der Waals surface area contributed by atoms with Gasteiger partial charge >= 0.3 is 0 Å². The molecule has 0 aliphatic carbocycles. The molecule has 3 unspecified atom stereocenters. The van der Waals surface area contributed by atoms with E-state index in [9.17, 15) is 0 Å². The zero-order chi connectivity index (χ0) is 14.0. The summed E-state index contributed by atoms with van der Waals surface area (Å²) in [7, 11) is 2.21. The van der Waals surface area contributed by atoms with Gasteiger partial charge in [-0.05, 0) is 39.2 Å². The third kappa shape index (κ3) is 3.37. The Morgan fingerprint density at radius 1 is 1.47 bits per heavy atom. The first-order chi connectivity index (χ1) is 8.99.